The molecular formula is C16H23N3O2. The molecule has 0 spiro atoms. The van der Waals surface area contributed by atoms with Crippen LogP contribution in [-0.4, -0.2) is 29.9 Å². The summed E-state index contributed by atoms with van der Waals surface area (Å²) < 4.78 is 0. The van der Waals surface area contributed by atoms with Crippen LogP contribution in [0, 0.1) is 0 Å². The summed E-state index contributed by atoms with van der Waals surface area (Å²) in [6.45, 7) is 3.69. The summed E-state index contributed by atoms with van der Waals surface area (Å²) in [5.41, 5.74) is 1.43. The van der Waals surface area contributed by atoms with Crippen molar-refractivity contribution in [2.45, 2.75) is 39.0 Å². The maximum absolute atomic E-state index is 12.0. The van der Waals surface area contributed by atoms with Crippen LogP contribution in [0.1, 0.15) is 39.0 Å². The molecule has 21 heavy (non-hydrogen) atoms. The van der Waals surface area contributed by atoms with Crippen molar-refractivity contribution < 1.29 is 9.59 Å². The van der Waals surface area contributed by atoms with Crippen LogP contribution in [0.3, 0.4) is 0 Å². The quantitative estimate of drug-likeness (QED) is 0.872. The van der Waals surface area contributed by atoms with Gasteiger partial charge in [-0.3, -0.25) is 4.79 Å². The number of hydrogen-bond acceptors (Lipinski definition) is 2. The van der Waals surface area contributed by atoms with Gasteiger partial charge in [-0.1, -0.05) is 19.4 Å². The number of nitrogens with one attached hydrogen (secondary N) is 2. The smallest absolute Gasteiger partial charge is 0.321 e. The van der Waals surface area contributed by atoms with Crippen LogP contribution in [0.4, 0.5) is 16.2 Å². The van der Waals surface area contributed by atoms with E-state index in [0.717, 1.165) is 44.5 Å². The fraction of sp³-hybridized carbons (Fsp3) is 0.500. The summed E-state index contributed by atoms with van der Waals surface area (Å²) in [5, 5.41) is 5.73. The molecule has 1 aromatic rings. The molecule has 5 nitrogen and oxygen atoms in total. The van der Waals surface area contributed by atoms with Crippen molar-refractivity contribution in [2.24, 2.45) is 0 Å². The third kappa shape index (κ3) is 4.77. The number of carbonyl (C=O) groups is 2. The molecule has 114 valence electrons. The molecule has 5 heteroatoms. The Hall–Kier alpha value is -2.04. The first-order chi connectivity index (χ1) is 10.2. The van der Waals surface area contributed by atoms with E-state index in [1.54, 1.807) is 6.07 Å². The summed E-state index contributed by atoms with van der Waals surface area (Å²) in [4.78, 5) is 25.5. The van der Waals surface area contributed by atoms with Crippen molar-refractivity contribution in [3.63, 3.8) is 0 Å². The zero-order valence-electron chi connectivity index (χ0n) is 12.5. The number of likely N-dealkylation sites (tertiary alicyclic amines) is 1. The first-order valence-electron chi connectivity index (χ1n) is 7.65. The highest BCUT2D eigenvalue weighted by molar-refractivity contribution is 5.93. The molecule has 0 aliphatic carbocycles. The summed E-state index contributed by atoms with van der Waals surface area (Å²) in [5.74, 6) is 0.0138. The summed E-state index contributed by atoms with van der Waals surface area (Å²) in [7, 11) is 0. The van der Waals surface area contributed by atoms with Gasteiger partial charge in [0.05, 0.1) is 0 Å². The summed E-state index contributed by atoms with van der Waals surface area (Å²) in [6.07, 6.45) is 4.55. The Morgan fingerprint density at radius 3 is 2.48 bits per heavy atom. The van der Waals surface area contributed by atoms with Gasteiger partial charge in [-0.05, 0) is 37.5 Å². The predicted octanol–water partition coefficient (Wildman–Crippen LogP) is 3.44. The third-order valence-corrected chi connectivity index (χ3v) is 3.55. The van der Waals surface area contributed by atoms with E-state index in [2.05, 4.69) is 17.6 Å². The number of anilines is 2. The lowest BCUT2D eigenvalue weighted by molar-refractivity contribution is -0.116. The Morgan fingerprint density at radius 1 is 1.14 bits per heavy atom. The normalized spacial score (nSPS) is 14.0. The largest absolute Gasteiger partial charge is 0.326 e. The molecule has 1 aliphatic heterocycles. The van der Waals surface area contributed by atoms with Crippen molar-refractivity contribution in [1.29, 1.82) is 0 Å². The van der Waals surface area contributed by atoms with Gasteiger partial charge < -0.3 is 15.5 Å². The van der Waals surface area contributed by atoms with Gasteiger partial charge in [-0.15, -0.1) is 0 Å². The molecule has 1 fully saturated rings. The van der Waals surface area contributed by atoms with Crippen molar-refractivity contribution in [3.05, 3.63) is 24.3 Å². The molecule has 0 radical (unpaired) electrons. The molecule has 1 aliphatic rings. The minimum atomic E-state index is -0.0676. The molecule has 1 saturated heterocycles. The summed E-state index contributed by atoms with van der Waals surface area (Å²) in [6, 6.07) is 7.21. The second kappa shape index (κ2) is 7.67. The summed E-state index contributed by atoms with van der Waals surface area (Å²) >= 11 is 0. The van der Waals surface area contributed by atoms with E-state index in [1.807, 2.05) is 23.1 Å². The minimum Gasteiger partial charge on any atom is -0.326 e. The molecule has 2 rings (SSSR count). The second-order valence-corrected chi connectivity index (χ2v) is 5.36. The Labute approximate surface area is 125 Å². The lowest BCUT2D eigenvalue weighted by Gasteiger charge is -2.16. The van der Waals surface area contributed by atoms with Crippen LogP contribution in [0.2, 0.25) is 0 Å². The Balaban J connectivity index is 1.90. The van der Waals surface area contributed by atoms with Gasteiger partial charge in [-0.2, -0.15) is 0 Å². The van der Waals surface area contributed by atoms with E-state index < -0.39 is 0 Å². The number of urea groups is 1. The second-order valence-electron chi connectivity index (χ2n) is 5.36. The number of unbranched alkanes of at least 4 members (excludes halogenated alkanes) is 1. The van der Waals surface area contributed by atoms with Gasteiger partial charge in [0.15, 0.2) is 0 Å². The number of nitrogens with zero attached hydrogens (tertiary/aromatic N) is 1. The van der Waals surface area contributed by atoms with E-state index in [4.69, 9.17) is 0 Å². The molecule has 0 atom stereocenters. The van der Waals surface area contributed by atoms with Crippen LogP contribution >= 0.6 is 0 Å². The number of benzene rings is 1. The fourth-order valence-electron chi connectivity index (χ4n) is 2.36. The highest BCUT2D eigenvalue weighted by Crippen LogP contribution is 2.17. The Morgan fingerprint density at radius 2 is 1.81 bits per heavy atom. The zero-order chi connectivity index (χ0) is 15.1. The molecular weight excluding hydrogens is 266 g/mol. The topological polar surface area (TPSA) is 61.4 Å². The molecule has 0 aromatic heterocycles. The van der Waals surface area contributed by atoms with E-state index in [0.29, 0.717) is 12.1 Å². The first kappa shape index (κ1) is 15.4. The number of amides is 3. The van der Waals surface area contributed by atoms with Crippen LogP contribution in [-0.2, 0) is 4.79 Å². The number of hydrogen-bond donors (Lipinski definition) is 2. The minimum absolute atomic E-state index is 0.0138. The van der Waals surface area contributed by atoms with E-state index in [-0.39, 0.29) is 11.9 Å². The molecule has 3 amide bonds. The Bertz CT molecular complexity index is 496. The SMILES string of the molecule is CCCCC(=O)Nc1cccc(NC(=O)N2CCCC2)c1. The van der Waals surface area contributed by atoms with Crippen molar-refractivity contribution in [3.8, 4) is 0 Å². The Kier molecular flexibility index (Phi) is 5.60. The molecule has 0 unspecified atom stereocenters. The van der Waals surface area contributed by atoms with E-state index in [9.17, 15) is 9.59 Å². The highest BCUT2D eigenvalue weighted by atomic mass is 16.2. The van der Waals surface area contributed by atoms with E-state index in [1.165, 1.54) is 0 Å². The average Bonchev–Trinajstić information content (AvgIpc) is 3.00. The van der Waals surface area contributed by atoms with Crippen molar-refractivity contribution in [1.82, 2.24) is 4.90 Å². The maximum Gasteiger partial charge on any atom is 0.321 e. The van der Waals surface area contributed by atoms with Gasteiger partial charge in [0, 0.05) is 30.9 Å². The van der Waals surface area contributed by atoms with Crippen molar-refractivity contribution in [2.75, 3.05) is 23.7 Å². The standard InChI is InChI=1S/C16H23N3O2/c1-2-3-9-15(20)17-13-7-6-8-14(12-13)18-16(21)19-10-4-5-11-19/h6-8,12H,2-5,9-11H2,1H3,(H,17,20)(H,18,21). The van der Waals surface area contributed by atoms with Crippen LogP contribution in [0.25, 0.3) is 0 Å². The van der Waals surface area contributed by atoms with Crippen molar-refractivity contribution >= 4 is 23.3 Å². The highest BCUT2D eigenvalue weighted by Gasteiger charge is 2.17. The molecule has 0 bridgehead atoms. The van der Waals surface area contributed by atoms with Gasteiger partial charge in [-0.25, -0.2) is 4.79 Å². The molecule has 1 heterocycles. The number of carbonyl (C=O) groups excluding carboxylic acids is 2. The maximum atomic E-state index is 12.0. The van der Waals surface area contributed by atoms with Crippen LogP contribution in [0.15, 0.2) is 24.3 Å². The molecule has 0 saturated carbocycles. The van der Waals surface area contributed by atoms with Gasteiger partial charge in [0.2, 0.25) is 5.91 Å². The van der Waals surface area contributed by atoms with Gasteiger partial charge >= 0.3 is 6.03 Å². The zero-order valence-corrected chi connectivity index (χ0v) is 12.5. The van der Waals surface area contributed by atoms with Gasteiger partial charge in [0.25, 0.3) is 0 Å². The monoisotopic (exact) mass is 289 g/mol. The van der Waals surface area contributed by atoms with Crippen LogP contribution < -0.4 is 10.6 Å². The van der Waals surface area contributed by atoms with Gasteiger partial charge in [0.1, 0.15) is 0 Å². The first-order valence-corrected chi connectivity index (χ1v) is 7.65. The lowest BCUT2D eigenvalue weighted by Crippen LogP contribution is -2.32. The van der Waals surface area contributed by atoms with Crippen LogP contribution in [0.5, 0.6) is 0 Å². The third-order valence-electron chi connectivity index (χ3n) is 3.55. The average molecular weight is 289 g/mol. The lowest BCUT2D eigenvalue weighted by atomic mass is 10.2. The molecule has 1 aromatic carbocycles. The molecule has 2 N–H and O–H groups in total. The fourth-order valence-corrected chi connectivity index (χ4v) is 2.36. The van der Waals surface area contributed by atoms with E-state index >= 15 is 0 Å². The predicted molar refractivity (Wildman–Crippen MR) is 84.4 cm³/mol. The number of rotatable bonds is 5.